The second kappa shape index (κ2) is 13.6. The smallest absolute Gasteiger partial charge is 0.301 e. The Labute approximate surface area is 263 Å². The van der Waals surface area contributed by atoms with Crippen molar-refractivity contribution in [3.63, 3.8) is 0 Å². The van der Waals surface area contributed by atoms with Crippen LogP contribution in [0.2, 0.25) is 5.02 Å². The van der Waals surface area contributed by atoms with E-state index in [4.69, 9.17) is 21.1 Å². The van der Waals surface area contributed by atoms with E-state index in [1.807, 2.05) is 30.3 Å². The first kappa shape index (κ1) is 30.6. The Bertz CT molecular complexity index is 1640. The van der Waals surface area contributed by atoms with Gasteiger partial charge in [0.2, 0.25) is 5.13 Å². The zero-order chi connectivity index (χ0) is 30.5. The molecule has 1 atom stereocenters. The zero-order valence-electron chi connectivity index (χ0n) is 23.8. The Morgan fingerprint density at radius 3 is 2.49 bits per heavy atom. The highest BCUT2D eigenvalue weighted by Gasteiger charge is 2.48. The predicted molar refractivity (Wildman–Crippen MR) is 170 cm³/mol. The molecule has 0 radical (unpaired) electrons. The summed E-state index contributed by atoms with van der Waals surface area (Å²) in [6.07, 6.45) is 0.869. The highest BCUT2D eigenvalue weighted by Crippen LogP contribution is 2.45. The lowest BCUT2D eigenvalue weighted by Gasteiger charge is -2.23. The number of aliphatic hydroxyl groups is 1. The van der Waals surface area contributed by atoms with Gasteiger partial charge in [-0.3, -0.25) is 14.5 Å². The van der Waals surface area contributed by atoms with Gasteiger partial charge >= 0.3 is 5.91 Å². The number of hydrogen-bond donors (Lipinski definition) is 1. The van der Waals surface area contributed by atoms with Crippen molar-refractivity contribution in [2.75, 3.05) is 18.6 Å². The SMILES string of the molecule is COc1cc(C2/C(=C(/O)c3ccc(Cl)cc3)C(=O)C(=O)N2c2nnc(SCc3ccccc3)s2)ccc1OCCC(C)C. The Hall–Kier alpha value is -3.86. The molecule has 0 bridgehead atoms. The number of benzene rings is 3. The average Bonchev–Trinajstić information content (AvgIpc) is 3.58. The lowest BCUT2D eigenvalue weighted by atomic mass is 9.95. The molecule has 43 heavy (non-hydrogen) atoms. The first-order chi connectivity index (χ1) is 20.8. The quantitative estimate of drug-likeness (QED) is 0.0593. The summed E-state index contributed by atoms with van der Waals surface area (Å²) in [6, 6.07) is 20.6. The minimum absolute atomic E-state index is 0.0726. The van der Waals surface area contributed by atoms with Gasteiger partial charge in [0.15, 0.2) is 15.8 Å². The third-order valence-electron chi connectivity index (χ3n) is 6.83. The van der Waals surface area contributed by atoms with Crippen molar-refractivity contribution < 1.29 is 24.2 Å². The van der Waals surface area contributed by atoms with Gasteiger partial charge in [-0.1, -0.05) is 84.9 Å². The molecular formula is C32H30ClN3O5S2. The molecule has 2 heterocycles. The number of aliphatic hydroxyl groups excluding tert-OH is 1. The van der Waals surface area contributed by atoms with Crippen LogP contribution < -0.4 is 14.4 Å². The van der Waals surface area contributed by atoms with Crippen molar-refractivity contribution in [2.24, 2.45) is 5.92 Å². The number of thioether (sulfide) groups is 1. The van der Waals surface area contributed by atoms with Gasteiger partial charge in [-0.15, -0.1) is 10.2 Å². The van der Waals surface area contributed by atoms with Gasteiger partial charge in [-0.05, 0) is 59.9 Å². The largest absolute Gasteiger partial charge is 0.507 e. The topological polar surface area (TPSA) is 102 Å². The fraction of sp³-hybridized carbons (Fsp3) is 0.250. The van der Waals surface area contributed by atoms with E-state index in [1.54, 1.807) is 42.5 Å². The van der Waals surface area contributed by atoms with Crippen LogP contribution in [-0.4, -0.2) is 40.7 Å². The lowest BCUT2D eigenvalue weighted by Crippen LogP contribution is -2.29. The molecule has 0 spiro atoms. The molecule has 3 aromatic carbocycles. The van der Waals surface area contributed by atoms with E-state index in [2.05, 4.69) is 24.0 Å². The van der Waals surface area contributed by atoms with Gasteiger partial charge in [-0.2, -0.15) is 0 Å². The molecule has 0 aliphatic carbocycles. The maximum Gasteiger partial charge on any atom is 0.301 e. The molecule has 1 fully saturated rings. The first-order valence-corrected chi connectivity index (χ1v) is 15.8. The number of Topliss-reactive ketones (excluding diaryl/α,β-unsaturated/α-hetero) is 1. The molecule has 1 aromatic heterocycles. The van der Waals surface area contributed by atoms with Crippen LogP contribution in [0.25, 0.3) is 5.76 Å². The molecule has 4 aromatic rings. The number of rotatable bonds is 11. The molecule has 1 N–H and O–H groups in total. The summed E-state index contributed by atoms with van der Waals surface area (Å²) in [6.45, 7) is 4.75. The van der Waals surface area contributed by atoms with E-state index in [-0.39, 0.29) is 16.5 Å². The second-order valence-corrected chi connectivity index (χ2v) is 12.9. The van der Waals surface area contributed by atoms with Gasteiger partial charge in [0.1, 0.15) is 5.76 Å². The monoisotopic (exact) mass is 635 g/mol. The molecule has 1 amide bonds. The van der Waals surface area contributed by atoms with Gasteiger partial charge in [0, 0.05) is 16.3 Å². The number of carbonyl (C=O) groups is 2. The van der Waals surface area contributed by atoms with Crippen LogP contribution in [0.4, 0.5) is 5.13 Å². The van der Waals surface area contributed by atoms with Gasteiger partial charge in [0.25, 0.3) is 5.78 Å². The number of nitrogens with zero attached hydrogens (tertiary/aromatic N) is 3. The Kier molecular flexibility index (Phi) is 9.69. The molecule has 1 unspecified atom stereocenters. The Morgan fingerprint density at radius 1 is 1.05 bits per heavy atom. The van der Waals surface area contributed by atoms with E-state index < -0.39 is 17.7 Å². The van der Waals surface area contributed by atoms with Crippen molar-refractivity contribution >= 4 is 57.3 Å². The second-order valence-electron chi connectivity index (χ2n) is 10.2. The summed E-state index contributed by atoms with van der Waals surface area (Å²) in [5, 5.41) is 20.7. The summed E-state index contributed by atoms with van der Waals surface area (Å²) in [7, 11) is 1.53. The van der Waals surface area contributed by atoms with Crippen molar-refractivity contribution in [2.45, 2.75) is 36.4 Å². The summed E-state index contributed by atoms with van der Waals surface area (Å²) < 4.78 is 12.2. The third-order valence-corrected chi connectivity index (χ3v) is 9.20. The van der Waals surface area contributed by atoms with E-state index in [9.17, 15) is 14.7 Å². The highest BCUT2D eigenvalue weighted by atomic mass is 35.5. The third kappa shape index (κ3) is 6.87. The molecule has 1 aliphatic heterocycles. The predicted octanol–water partition coefficient (Wildman–Crippen LogP) is 7.54. The molecule has 222 valence electrons. The normalized spacial score (nSPS) is 16.2. The minimum Gasteiger partial charge on any atom is -0.507 e. The van der Waals surface area contributed by atoms with E-state index in [0.717, 1.165) is 12.0 Å². The van der Waals surface area contributed by atoms with Crippen molar-refractivity contribution in [3.8, 4) is 11.5 Å². The van der Waals surface area contributed by atoms with Crippen LogP contribution in [0, 0.1) is 5.92 Å². The van der Waals surface area contributed by atoms with Crippen molar-refractivity contribution in [1.82, 2.24) is 10.2 Å². The van der Waals surface area contributed by atoms with Crippen molar-refractivity contribution in [3.05, 3.63) is 100 Å². The standard InChI is InChI=1S/C32H30ClN3O5S2/c1-19(2)15-16-41-24-14-11-22(17-25(24)40-3)27-26(28(37)21-9-12-23(33)13-10-21)29(38)30(39)36(27)31-34-35-32(43-31)42-18-20-7-5-4-6-8-20/h4-14,17,19,27,37H,15-16,18H2,1-3H3/b28-26-. The Morgan fingerprint density at radius 2 is 1.79 bits per heavy atom. The van der Waals surface area contributed by atoms with Crippen LogP contribution >= 0.6 is 34.7 Å². The van der Waals surface area contributed by atoms with Gasteiger partial charge in [0.05, 0.1) is 25.3 Å². The summed E-state index contributed by atoms with van der Waals surface area (Å²) in [5.41, 5.74) is 1.94. The maximum atomic E-state index is 13.6. The van der Waals surface area contributed by atoms with Crippen LogP contribution in [0.3, 0.4) is 0 Å². The summed E-state index contributed by atoms with van der Waals surface area (Å²) >= 11 is 8.75. The molecular weight excluding hydrogens is 606 g/mol. The number of methoxy groups -OCH3 is 1. The van der Waals surface area contributed by atoms with Crippen molar-refractivity contribution in [1.29, 1.82) is 0 Å². The molecule has 1 aliphatic rings. The molecule has 11 heteroatoms. The average molecular weight is 636 g/mol. The number of aromatic nitrogens is 2. The van der Waals surface area contributed by atoms with Crippen LogP contribution in [-0.2, 0) is 15.3 Å². The van der Waals surface area contributed by atoms with E-state index in [1.165, 1.54) is 35.1 Å². The maximum absolute atomic E-state index is 13.6. The number of amides is 1. The van der Waals surface area contributed by atoms with E-state index in [0.29, 0.717) is 50.3 Å². The number of hydrogen-bond acceptors (Lipinski definition) is 9. The molecule has 8 nitrogen and oxygen atoms in total. The van der Waals surface area contributed by atoms with E-state index >= 15 is 0 Å². The zero-order valence-corrected chi connectivity index (χ0v) is 26.2. The molecule has 5 rings (SSSR count). The fourth-order valence-corrected chi connectivity index (χ4v) is 6.51. The summed E-state index contributed by atoms with van der Waals surface area (Å²) in [4.78, 5) is 28.4. The minimum atomic E-state index is -0.991. The number of ketones is 1. The van der Waals surface area contributed by atoms with Gasteiger partial charge < -0.3 is 14.6 Å². The molecule has 1 saturated heterocycles. The van der Waals surface area contributed by atoms with Crippen LogP contribution in [0.15, 0.2) is 82.7 Å². The first-order valence-electron chi connectivity index (χ1n) is 13.6. The number of anilines is 1. The van der Waals surface area contributed by atoms with Crippen LogP contribution in [0.1, 0.15) is 43.0 Å². The summed E-state index contributed by atoms with van der Waals surface area (Å²) in [5.74, 6) is 0.160. The highest BCUT2D eigenvalue weighted by molar-refractivity contribution is 8.00. The Balaban J connectivity index is 1.55. The number of halogens is 1. The van der Waals surface area contributed by atoms with Gasteiger partial charge in [-0.25, -0.2) is 0 Å². The van der Waals surface area contributed by atoms with Crippen LogP contribution in [0.5, 0.6) is 11.5 Å². The lowest BCUT2D eigenvalue weighted by molar-refractivity contribution is -0.132. The molecule has 0 saturated carbocycles. The number of ether oxygens (including phenoxy) is 2. The number of carbonyl (C=O) groups excluding carboxylic acids is 2. The fourth-order valence-electron chi connectivity index (χ4n) is 4.56.